The highest BCUT2D eigenvalue weighted by Crippen LogP contribution is 2.52. The van der Waals surface area contributed by atoms with Crippen molar-refractivity contribution >= 4 is 23.2 Å². The minimum Gasteiger partial charge on any atom is -0.507 e. The van der Waals surface area contributed by atoms with Crippen molar-refractivity contribution in [2.24, 2.45) is 10.8 Å². The van der Waals surface area contributed by atoms with Crippen LogP contribution in [0.5, 0.6) is 17.2 Å². The molecular weight excluding hydrogens is 690 g/mol. The highest BCUT2D eigenvalue weighted by atomic mass is 16.7. The summed E-state index contributed by atoms with van der Waals surface area (Å²) in [5.74, 6) is -3.30. The molecule has 1 amide bonds. The number of ether oxygens (including phenoxy) is 4. The maximum atomic E-state index is 14.0. The monoisotopic (exact) mass is 737 g/mol. The van der Waals surface area contributed by atoms with Crippen LogP contribution in [0.2, 0.25) is 0 Å². The molecular formula is C38H47N3O12. The number of ketones is 2. The minimum absolute atomic E-state index is 0.00603. The first-order chi connectivity index (χ1) is 25.4. The summed E-state index contributed by atoms with van der Waals surface area (Å²) in [5, 5.41) is 60.7. The number of aliphatic hydroxyl groups is 3. The first-order valence-electron chi connectivity index (χ1n) is 18.0. The summed E-state index contributed by atoms with van der Waals surface area (Å²) in [6, 6.07) is 3.65. The fourth-order valence-corrected chi connectivity index (χ4v) is 7.69. The zero-order chi connectivity index (χ0) is 38.0. The summed E-state index contributed by atoms with van der Waals surface area (Å²) < 4.78 is 23.4. The van der Waals surface area contributed by atoms with Gasteiger partial charge in [0.1, 0.15) is 22.8 Å². The van der Waals surface area contributed by atoms with E-state index < -0.39 is 95.8 Å². The van der Waals surface area contributed by atoms with Gasteiger partial charge < -0.3 is 50.2 Å². The number of hydrogen-bond donors (Lipinski definition) is 7. The lowest BCUT2D eigenvalue weighted by atomic mass is 9.71. The van der Waals surface area contributed by atoms with E-state index >= 15 is 0 Å². The smallest absolute Gasteiger partial charge is 0.242 e. The molecule has 1 heterocycles. The molecule has 0 spiro atoms. The Morgan fingerprint density at radius 3 is 2.58 bits per heavy atom. The number of hydrazone groups is 1. The minimum atomic E-state index is -2.12. The molecule has 4 aliphatic rings. The van der Waals surface area contributed by atoms with Crippen LogP contribution in [0.25, 0.3) is 0 Å². The molecule has 0 radical (unpaired) electrons. The Kier molecular flexibility index (Phi) is 11.6. The number of nitrogens with two attached hydrogens (primary N) is 1. The van der Waals surface area contributed by atoms with Gasteiger partial charge in [0.2, 0.25) is 11.7 Å². The SMILES string of the molecule is COc1cccc2c1C(=O)c1c(O)c3c(c(O)c1C2=O)C[C@@](O)(/C(CO)=N\NC(=O)CCOC1CC/C=C/CCC1)C[C@@H]3O[C@H]1C[C@H](N)[C@H](O)[C@H](C)O1. The number of methoxy groups -OCH3 is 1. The second-order valence-corrected chi connectivity index (χ2v) is 14.1. The molecule has 1 fully saturated rings. The third-order valence-corrected chi connectivity index (χ3v) is 10.5. The number of aliphatic hydroxyl groups excluding tert-OH is 2. The predicted molar refractivity (Wildman–Crippen MR) is 189 cm³/mol. The van der Waals surface area contributed by atoms with Gasteiger partial charge in [-0.05, 0) is 45.1 Å². The van der Waals surface area contributed by atoms with E-state index in [1.54, 1.807) is 6.92 Å². The summed E-state index contributed by atoms with van der Waals surface area (Å²) in [5.41, 5.74) is 4.78. The van der Waals surface area contributed by atoms with Gasteiger partial charge in [0.25, 0.3) is 0 Å². The number of carbonyl (C=O) groups is 3. The zero-order valence-electron chi connectivity index (χ0n) is 29.7. The summed E-state index contributed by atoms with van der Waals surface area (Å²) in [6.07, 6.45) is 3.83. The van der Waals surface area contributed by atoms with Gasteiger partial charge >= 0.3 is 0 Å². The van der Waals surface area contributed by atoms with E-state index in [0.29, 0.717) is 0 Å². The molecule has 2 aromatic rings. The summed E-state index contributed by atoms with van der Waals surface area (Å²) in [7, 11) is 1.33. The van der Waals surface area contributed by atoms with E-state index in [4.69, 9.17) is 24.7 Å². The Morgan fingerprint density at radius 2 is 1.85 bits per heavy atom. The summed E-state index contributed by atoms with van der Waals surface area (Å²) >= 11 is 0. The van der Waals surface area contributed by atoms with Crippen LogP contribution in [0.3, 0.4) is 0 Å². The number of amides is 1. The molecule has 6 rings (SSSR count). The molecule has 53 heavy (non-hydrogen) atoms. The molecule has 0 aromatic heterocycles. The number of nitrogens with one attached hydrogen (secondary N) is 1. The Labute approximate surface area is 306 Å². The van der Waals surface area contributed by atoms with Crippen LogP contribution in [0, 0.1) is 0 Å². The number of aromatic hydroxyl groups is 2. The van der Waals surface area contributed by atoms with Gasteiger partial charge in [-0.15, -0.1) is 0 Å². The molecule has 286 valence electrons. The molecule has 1 aliphatic heterocycles. The quantitative estimate of drug-likeness (QED) is 0.0685. The number of nitrogens with zero attached hydrogens (tertiary/aromatic N) is 1. The fraction of sp³-hybridized carbons (Fsp3) is 0.526. The van der Waals surface area contributed by atoms with Crippen molar-refractivity contribution in [2.75, 3.05) is 20.3 Å². The highest BCUT2D eigenvalue weighted by Gasteiger charge is 2.49. The molecule has 15 heteroatoms. The number of phenolic OH excluding ortho intramolecular Hbond substituents is 2. The average Bonchev–Trinajstić information content (AvgIpc) is 3.11. The van der Waals surface area contributed by atoms with Crippen molar-refractivity contribution < 1.29 is 58.9 Å². The molecule has 1 unspecified atom stereocenters. The molecule has 2 aromatic carbocycles. The molecule has 15 nitrogen and oxygen atoms in total. The number of benzene rings is 2. The third-order valence-electron chi connectivity index (χ3n) is 10.5. The maximum absolute atomic E-state index is 14.0. The van der Waals surface area contributed by atoms with Crippen LogP contribution >= 0.6 is 0 Å². The summed E-state index contributed by atoms with van der Waals surface area (Å²) in [6.45, 7) is 0.912. The van der Waals surface area contributed by atoms with Crippen LogP contribution in [0.4, 0.5) is 0 Å². The number of hydrogen-bond acceptors (Lipinski definition) is 14. The first-order valence-corrected chi connectivity index (χ1v) is 18.0. The standard InChI is InChI=1S/C38H47N3O12/c1-19-33(44)23(39)15-28(52-19)53-25-17-38(49,26(18-42)40-41-27(43)13-14-51-20-9-6-4-3-5-7-10-20)16-22-30(25)37(48)32-31(35(22)46)34(45)21-11-8-12-24(50-2)29(21)36(32)47/h3-4,8,11-12,19-20,23,25,28,33,42,44,46,48-49H,5-7,9-10,13-18,39H2,1-2H3,(H,41,43)/b4-3+,40-26-/t19-,20?,23-,25-,28-,33+,38-/m0/s1. The summed E-state index contributed by atoms with van der Waals surface area (Å²) in [4.78, 5) is 40.6. The van der Waals surface area contributed by atoms with Crippen LogP contribution in [-0.2, 0) is 25.4 Å². The van der Waals surface area contributed by atoms with E-state index in [-0.39, 0.29) is 59.3 Å². The topological polar surface area (TPSA) is 240 Å². The van der Waals surface area contributed by atoms with Crippen molar-refractivity contribution in [2.45, 2.75) is 107 Å². The lowest BCUT2D eigenvalue weighted by molar-refractivity contribution is -0.245. The maximum Gasteiger partial charge on any atom is 0.242 e. The van der Waals surface area contributed by atoms with Gasteiger partial charge in [0, 0.05) is 42.0 Å². The number of allylic oxidation sites excluding steroid dienone is 2. The van der Waals surface area contributed by atoms with Crippen LogP contribution in [-0.4, -0.2) is 105 Å². The van der Waals surface area contributed by atoms with Gasteiger partial charge in [-0.3, -0.25) is 14.4 Å². The number of rotatable bonds is 10. The number of fused-ring (bicyclic) bond motifs is 3. The normalized spacial score (nSPS) is 29.3. The number of carbonyl (C=O) groups excluding carboxylic acids is 3. The van der Waals surface area contributed by atoms with Gasteiger partial charge in [0.15, 0.2) is 12.1 Å². The highest BCUT2D eigenvalue weighted by molar-refractivity contribution is 6.31. The fourth-order valence-electron chi connectivity index (χ4n) is 7.69. The Bertz CT molecular complexity index is 1800. The van der Waals surface area contributed by atoms with Crippen LogP contribution < -0.4 is 15.9 Å². The van der Waals surface area contributed by atoms with Crippen molar-refractivity contribution in [3.63, 3.8) is 0 Å². The molecule has 0 saturated carbocycles. The van der Waals surface area contributed by atoms with Gasteiger partial charge in [-0.25, -0.2) is 5.43 Å². The van der Waals surface area contributed by atoms with Crippen molar-refractivity contribution in [3.05, 3.63) is 63.7 Å². The van der Waals surface area contributed by atoms with E-state index in [2.05, 4.69) is 22.7 Å². The average molecular weight is 738 g/mol. The van der Waals surface area contributed by atoms with Crippen LogP contribution in [0.15, 0.2) is 35.5 Å². The number of phenols is 2. The second-order valence-electron chi connectivity index (χ2n) is 14.1. The van der Waals surface area contributed by atoms with E-state index in [0.717, 1.165) is 32.1 Å². The molecule has 7 atom stereocenters. The van der Waals surface area contributed by atoms with Gasteiger partial charge in [-0.2, -0.15) is 5.10 Å². The lowest BCUT2D eigenvalue weighted by Crippen LogP contribution is -2.53. The Hall–Kier alpha value is -4.22. The lowest BCUT2D eigenvalue weighted by Gasteiger charge is -2.43. The molecule has 3 aliphatic carbocycles. The zero-order valence-corrected chi connectivity index (χ0v) is 29.7. The van der Waals surface area contributed by atoms with Crippen LogP contribution in [0.1, 0.15) is 107 Å². The third kappa shape index (κ3) is 7.60. The Morgan fingerprint density at radius 1 is 1.09 bits per heavy atom. The second kappa shape index (κ2) is 16.0. The molecule has 1 saturated heterocycles. The predicted octanol–water partition coefficient (Wildman–Crippen LogP) is 2.20. The van der Waals surface area contributed by atoms with Gasteiger partial charge in [0.05, 0.1) is 73.6 Å². The molecule has 0 bridgehead atoms. The molecule has 8 N–H and O–H groups in total. The van der Waals surface area contributed by atoms with E-state index in [9.17, 15) is 39.9 Å². The van der Waals surface area contributed by atoms with Crippen molar-refractivity contribution in [1.82, 2.24) is 5.43 Å². The van der Waals surface area contributed by atoms with E-state index in [1.807, 2.05) is 0 Å². The first kappa shape index (κ1) is 38.5. The van der Waals surface area contributed by atoms with Crippen molar-refractivity contribution in [1.29, 1.82) is 0 Å². The van der Waals surface area contributed by atoms with Gasteiger partial charge in [-0.1, -0.05) is 24.3 Å². The van der Waals surface area contributed by atoms with Crippen molar-refractivity contribution in [3.8, 4) is 17.2 Å². The largest absolute Gasteiger partial charge is 0.507 e. The van der Waals surface area contributed by atoms with E-state index in [1.165, 1.54) is 25.3 Å². The Balaban J connectivity index is 1.33.